The molecule has 0 amide bonds. The molecule has 0 aliphatic heterocycles. The quantitative estimate of drug-likeness (QED) is 0.651. The van der Waals surface area contributed by atoms with Crippen LogP contribution < -0.4 is 0 Å². The average molecular weight is 174 g/mol. The van der Waals surface area contributed by atoms with Gasteiger partial charge in [-0.1, -0.05) is 13.8 Å². The average Bonchev–Trinajstić information content (AvgIpc) is 2.03. The molecule has 0 saturated heterocycles. The highest BCUT2D eigenvalue weighted by atomic mass is 16.5. The molecule has 1 atom stereocenters. The molecule has 1 N–H and O–H groups in total. The Balaban J connectivity index is 4.40. The highest BCUT2D eigenvalue weighted by molar-refractivity contribution is 5.76. The van der Waals surface area contributed by atoms with Crippen LogP contribution in [0.15, 0.2) is 0 Å². The van der Waals surface area contributed by atoms with Gasteiger partial charge in [-0.25, -0.2) is 0 Å². The van der Waals surface area contributed by atoms with Gasteiger partial charge >= 0.3 is 5.97 Å². The molecule has 0 bridgehead atoms. The summed E-state index contributed by atoms with van der Waals surface area (Å²) in [5.41, 5.74) is -0.754. The summed E-state index contributed by atoms with van der Waals surface area (Å²) >= 11 is 0. The van der Waals surface area contributed by atoms with Crippen LogP contribution in [-0.4, -0.2) is 24.3 Å². The molecule has 0 fully saturated rings. The van der Waals surface area contributed by atoms with Crippen molar-refractivity contribution in [1.29, 1.82) is 0 Å². The molecule has 0 saturated carbocycles. The van der Waals surface area contributed by atoms with Crippen molar-refractivity contribution in [3.63, 3.8) is 0 Å². The Kier molecular flexibility index (Phi) is 4.24. The molecule has 12 heavy (non-hydrogen) atoms. The number of aliphatic hydroxyl groups excluding tert-OH is 1. The van der Waals surface area contributed by atoms with Crippen molar-refractivity contribution in [3.05, 3.63) is 0 Å². The van der Waals surface area contributed by atoms with Gasteiger partial charge in [0, 0.05) is 0 Å². The van der Waals surface area contributed by atoms with E-state index in [1.54, 1.807) is 13.8 Å². The van der Waals surface area contributed by atoms with E-state index in [2.05, 4.69) is 0 Å². The minimum absolute atomic E-state index is 0.0848. The topological polar surface area (TPSA) is 46.5 Å². The number of aliphatic hydroxyl groups is 1. The first-order valence-corrected chi connectivity index (χ1v) is 4.27. The number of carbonyl (C=O) groups excluding carboxylic acids is 1. The number of carbonyl (C=O) groups is 1. The molecule has 0 aromatic carbocycles. The van der Waals surface area contributed by atoms with Gasteiger partial charge in [0.25, 0.3) is 0 Å². The van der Waals surface area contributed by atoms with E-state index >= 15 is 0 Å². The van der Waals surface area contributed by atoms with Crippen LogP contribution in [-0.2, 0) is 9.53 Å². The van der Waals surface area contributed by atoms with Gasteiger partial charge in [-0.2, -0.15) is 0 Å². The van der Waals surface area contributed by atoms with Gasteiger partial charge in [0.15, 0.2) is 0 Å². The van der Waals surface area contributed by atoms with Gasteiger partial charge in [0.05, 0.1) is 18.6 Å². The summed E-state index contributed by atoms with van der Waals surface area (Å²) in [4.78, 5) is 11.4. The molecule has 0 aromatic rings. The first-order chi connectivity index (χ1) is 5.49. The fourth-order valence-corrected chi connectivity index (χ4v) is 0.779. The molecule has 0 aromatic heterocycles. The Labute approximate surface area is 73.7 Å². The van der Waals surface area contributed by atoms with Crippen molar-refractivity contribution in [2.75, 3.05) is 13.2 Å². The van der Waals surface area contributed by atoms with Gasteiger partial charge in [-0.3, -0.25) is 4.79 Å². The number of hydrogen-bond acceptors (Lipinski definition) is 3. The minimum Gasteiger partial charge on any atom is -0.465 e. The molecule has 3 heteroatoms. The maximum absolute atomic E-state index is 11.4. The van der Waals surface area contributed by atoms with E-state index in [0.29, 0.717) is 6.61 Å². The zero-order valence-corrected chi connectivity index (χ0v) is 8.26. The molecule has 72 valence electrons. The predicted octanol–water partition coefficient (Wildman–Crippen LogP) is 1.20. The summed E-state index contributed by atoms with van der Waals surface area (Å²) in [7, 11) is 0. The molecular formula is C9H18O3. The Morgan fingerprint density at radius 3 is 2.33 bits per heavy atom. The first kappa shape index (κ1) is 11.4. The summed E-state index contributed by atoms with van der Waals surface area (Å²) in [5, 5.41) is 9.05. The van der Waals surface area contributed by atoms with Crippen molar-refractivity contribution in [2.24, 2.45) is 11.3 Å². The summed E-state index contributed by atoms with van der Waals surface area (Å²) in [6.45, 7) is 7.47. The third-order valence-electron chi connectivity index (χ3n) is 2.34. The lowest BCUT2D eigenvalue weighted by molar-refractivity contribution is -0.160. The first-order valence-electron chi connectivity index (χ1n) is 4.27. The Hall–Kier alpha value is -0.570. The van der Waals surface area contributed by atoms with Gasteiger partial charge in [-0.15, -0.1) is 0 Å². The van der Waals surface area contributed by atoms with Crippen molar-refractivity contribution in [2.45, 2.75) is 27.7 Å². The van der Waals surface area contributed by atoms with Crippen molar-refractivity contribution in [1.82, 2.24) is 0 Å². The predicted molar refractivity (Wildman–Crippen MR) is 46.7 cm³/mol. The van der Waals surface area contributed by atoms with E-state index in [0.717, 1.165) is 0 Å². The molecule has 0 radical (unpaired) electrons. The Bertz CT molecular complexity index is 154. The lowest BCUT2D eigenvalue weighted by Gasteiger charge is -2.28. The second-order valence-electron chi connectivity index (χ2n) is 3.45. The van der Waals surface area contributed by atoms with Crippen LogP contribution in [0.1, 0.15) is 27.7 Å². The number of ether oxygens (including phenoxy) is 1. The third-order valence-corrected chi connectivity index (χ3v) is 2.34. The lowest BCUT2D eigenvalue weighted by Crippen LogP contribution is -2.38. The van der Waals surface area contributed by atoms with Crippen molar-refractivity contribution in [3.8, 4) is 0 Å². The fraction of sp³-hybridized carbons (Fsp3) is 0.889. The second kappa shape index (κ2) is 4.45. The second-order valence-corrected chi connectivity index (χ2v) is 3.45. The van der Waals surface area contributed by atoms with Gasteiger partial charge < -0.3 is 9.84 Å². The molecule has 3 nitrogen and oxygen atoms in total. The maximum Gasteiger partial charge on any atom is 0.314 e. The van der Waals surface area contributed by atoms with E-state index in [1.807, 2.05) is 13.8 Å². The summed E-state index contributed by atoms with van der Waals surface area (Å²) in [5.74, 6) is -0.232. The largest absolute Gasteiger partial charge is 0.465 e. The molecule has 0 heterocycles. The van der Waals surface area contributed by atoms with Crippen LogP contribution in [0.3, 0.4) is 0 Å². The third kappa shape index (κ3) is 2.21. The van der Waals surface area contributed by atoms with Crippen molar-refractivity contribution >= 4 is 5.97 Å². The Morgan fingerprint density at radius 1 is 1.58 bits per heavy atom. The monoisotopic (exact) mass is 174 g/mol. The van der Waals surface area contributed by atoms with Crippen LogP contribution in [0.5, 0.6) is 0 Å². The number of rotatable bonds is 4. The molecule has 0 rings (SSSR count). The van der Waals surface area contributed by atoms with E-state index in [9.17, 15) is 4.79 Å². The van der Waals surface area contributed by atoms with Crippen LogP contribution in [0, 0.1) is 11.3 Å². The normalized spacial score (nSPS) is 15.8. The summed E-state index contributed by atoms with van der Waals surface area (Å²) in [6.07, 6.45) is 0. The molecule has 0 spiro atoms. The summed E-state index contributed by atoms with van der Waals surface area (Å²) in [6, 6.07) is 0. The van der Waals surface area contributed by atoms with Gasteiger partial charge in [0.1, 0.15) is 0 Å². The van der Waals surface area contributed by atoms with Crippen molar-refractivity contribution < 1.29 is 14.6 Å². The fourth-order valence-electron chi connectivity index (χ4n) is 0.779. The molecule has 0 aliphatic rings. The smallest absolute Gasteiger partial charge is 0.314 e. The number of esters is 1. The van der Waals surface area contributed by atoms with Crippen LogP contribution in [0.4, 0.5) is 0 Å². The van der Waals surface area contributed by atoms with E-state index in [4.69, 9.17) is 9.84 Å². The highest BCUT2D eigenvalue weighted by Crippen LogP contribution is 2.27. The van der Waals surface area contributed by atoms with Crippen LogP contribution in [0.2, 0.25) is 0 Å². The zero-order chi connectivity index (χ0) is 9.78. The molecular weight excluding hydrogens is 156 g/mol. The Morgan fingerprint density at radius 2 is 2.08 bits per heavy atom. The lowest BCUT2D eigenvalue weighted by atomic mass is 9.80. The maximum atomic E-state index is 11.4. The zero-order valence-electron chi connectivity index (χ0n) is 8.26. The molecule has 0 aliphatic carbocycles. The van der Waals surface area contributed by atoms with E-state index in [-0.39, 0.29) is 18.5 Å². The van der Waals surface area contributed by atoms with Crippen LogP contribution >= 0.6 is 0 Å². The molecule has 1 unspecified atom stereocenters. The van der Waals surface area contributed by atoms with Gasteiger partial charge in [-0.05, 0) is 19.8 Å². The number of hydrogen-bond donors (Lipinski definition) is 1. The van der Waals surface area contributed by atoms with Crippen LogP contribution in [0.25, 0.3) is 0 Å². The van der Waals surface area contributed by atoms with E-state index in [1.165, 1.54) is 0 Å². The summed E-state index contributed by atoms with van der Waals surface area (Å²) < 4.78 is 4.86. The highest BCUT2D eigenvalue weighted by Gasteiger charge is 2.37. The SMILES string of the molecule is CCOC(=O)C(C)(CO)C(C)C. The van der Waals surface area contributed by atoms with Gasteiger partial charge in [0.2, 0.25) is 0 Å². The van der Waals surface area contributed by atoms with E-state index < -0.39 is 5.41 Å². The standard InChI is InChI=1S/C9H18O3/c1-5-12-8(11)9(4,6-10)7(2)3/h7,10H,5-6H2,1-4H3. The minimum atomic E-state index is -0.754.